The van der Waals surface area contributed by atoms with Gasteiger partial charge in [0.1, 0.15) is 0 Å². The number of benzene rings is 1. The molecule has 6 nitrogen and oxygen atoms in total. The van der Waals surface area contributed by atoms with E-state index >= 15 is 0 Å². The average molecular weight is 265 g/mol. The van der Waals surface area contributed by atoms with Crippen LogP contribution in [0.5, 0.6) is 0 Å². The van der Waals surface area contributed by atoms with E-state index in [1.54, 1.807) is 13.1 Å². The van der Waals surface area contributed by atoms with Gasteiger partial charge in [-0.05, 0) is 6.92 Å². The second kappa shape index (κ2) is 5.00. The highest BCUT2D eigenvalue weighted by atomic mass is 16.1. The van der Waals surface area contributed by atoms with Gasteiger partial charge in [0.05, 0.1) is 5.69 Å². The van der Waals surface area contributed by atoms with Gasteiger partial charge in [-0.25, -0.2) is 0 Å². The standard InChI is InChI=1S/C14H11N5O/c1-9-11(20)7-8-15-12(9)14-18-16-13(17-19-14)10-5-3-2-4-6-10/h2-8H,1H3,(H,15,20). The highest BCUT2D eigenvalue weighted by Gasteiger charge is 2.10. The van der Waals surface area contributed by atoms with Gasteiger partial charge in [0, 0.05) is 23.4 Å². The molecule has 0 fully saturated rings. The van der Waals surface area contributed by atoms with Crippen molar-refractivity contribution >= 4 is 0 Å². The number of hydrogen-bond donors (Lipinski definition) is 1. The second-order valence-corrected chi connectivity index (χ2v) is 4.26. The Balaban J connectivity index is 2.02. The predicted octanol–water partition coefficient (Wildman–Crippen LogP) is 1.60. The maximum Gasteiger partial charge on any atom is 0.220 e. The number of hydrogen-bond acceptors (Lipinski definition) is 5. The van der Waals surface area contributed by atoms with Crippen molar-refractivity contribution in [2.75, 3.05) is 0 Å². The van der Waals surface area contributed by atoms with Gasteiger partial charge in [-0.1, -0.05) is 30.3 Å². The number of pyridine rings is 1. The fourth-order valence-electron chi connectivity index (χ4n) is 1.82. The van der Waals surface area contributed by atoms with Crippen LogP contribution >= 0.6 is 0 Å². The van der Waals surface area contributed by atoms with Crippen LogP contribution < -0.4 is 5.43 Å². The number of aromatic nitrogens is 5. The molecular formula is C14H11N5O. The second-order valence-electron chi connectivity index (χ2n) is 4.26. The number of rotatable bonds is 2. The van der Waals surface area contributed by atoms with Crippen molar-refractivity contribution in [3.05, 3.63) is 58.4 Å². The molecule has 0 aliphatic carbocycles. The Bertz CT molecular complexity index is 781. The third-order valence-corrected chi connectivity index (χ3v) is 2.94. The van der Waals surface area contributed by atoms with Gasteiger partial charge in [-0.3, -0.25) is 4.79 Å². The lowest BCUT2D eigenvalue weighted by Gasteiger charge is -2.02. The molecule has 3 aromatic rings. The molecule has 0 saturated heterocycles. The topological polar surface area (TPSA) is 84.4 Å². The van der Waals surface area contributed by atoms with Gasteiger partial charge in [-0.15, -0.1) is 20.4 Å². The van der Waals surface area contributed by atoms with Crippen LogP contribution in [0.15, 0.2) is 47.4 Å². The Morgan fingerprint density at radius 3 is 2.25 bits per heavy atom. The van der Waals surface area contributed by atoms with Crippen molar-refractivity contribution in [3.63, 3.8) is 0 Å². The van der Waals surface area contributed by atoms with Crippen LogP contribution in [-0.4, -0.2) is 25.4 Å². The molecule has 0 atom stereocenters. The van der Waals surface area contributed by atoms with Gasteiger partial charge < -0.3 is 4.98 Å². The lowest BCUT2D eigenvalue weighted by Crippen LogP contribution is -2.09. The van der Waals surface area contributed by atoms with E-state index in [1.807, 2.05) is 30.3 Å². The molecule has 2 aromatic heterocycles. The SMILES string of the molecule is Cc1c(-c2nnc(-c3ccccc3)nn2)[nH]ccc1=O. The third-order valence-electron chi connectivity index (χ3n) is 2.94. The molecule has 98 valence electrons. The minimum Gasteiger partial charge on any atom is -0.358 e. The molecule has 20 heavy (non-hydrogen) atoms. The van der Waals surface area contributed by atoms with Gasteiger partial charge in [0.15, 0.2) is 5.43 Å². The van der Waals surface area contributed by atoms with E-state index in [2.05, 4.69) is 25.4 Å². The monoisotopic (exact) mass is 265 g/mol. The first-order valence-electron chi connectivity index (χ1n) is 6.07. The summed E-state index contributed by atoms with van der Waals surface area (Å²) in [4.78, 5) is 14.5. The molecule has 0 bridgehead atoms. The zero-order chi connectivity index (χ0) is 13.9. The first-order valence-corrected chi connectivity index (χ1v) is 6.07. The largest absolute Gasteiger partial charge is 0.358 e. The molecule has 3 rings (SSSR count). The normalized spacial score (nSPS) is 10.4. The number of nitrogens with zero attached hydrogens (tertiary/aromatic N) is 4. The molecule has 0 amide bonds. The van der Waals surface area contributed by atoms with Crippen LogP contribution in [0.2, 0.25) is 0 Å². The van der Waals surface area contributed by atoms with Crippen LogP contribution in [0.25, 0.3) is 22.9 Å². The first kappa shape index (κ1) is 12.2. The minimum atomic E-state index is -0.0746. The molecule has 6 heteroatoms. The van der Waals surface area contributed by atoms with Gasteiger partial charge in [0.25, 0.3) is 0 Å². The first-order chi connectivity index (χ1) is 9.75. The van der Waals surface area contributed by atoms with E-state index < -0.39 is 0 Å². The molecule has 0 saturated carbocycles. The van der Waals surface area contributed by atoms with Gasteiger partial charge in [0.2, 0.25) is 11.6 Å². The molecule has 0 spiro atoms. The van der Waals surface area contributed by atoms with Crippen LogP contribution in [0.4, 0.5) is 0 Å². The van der Waals surface area contributed by atoms with E-state index in [1.165, 1.54) is 6.07 Å². The average Bonchev–Trinajstić information content (AvgIpc) is 2.51. The smallest absolute Gasteiger partial charge is 0.220 e. The number of H-pyrrole nitrogens is 1. The van der Waals surface area contributed by atoms with Crippen LogP contribution in [0.3, 0.4) is 0 Å². The lowest BCUT2D eigenvalue weighted by molar-refractivity contribution is 0.868. The van der Waals surface area contributed by atoms with Crippen molar-refractivity contribution in [2.45, 2.75) is 6.92 Å². The summed E-state index contributed by atoms with van der Waals surface area (Å²) in [7, 11) is 0. The fraction of sp³-hybridized carbons (Fsp3) is 0.0714. The molecule has 0 radical (unpaired) electrons. The van der Waals surface area contributed by atoms with E-state index in [-0.39, 0.29) is 5.43 Å². The van der Waals surface area contributed by atoms with Crippen LogP contribution in [-0.2, 0) is 0 Å². The molecule has 1 aromatic carbocycles. The van der Waals surface area contributed by atoms with Gasteiger partial charge >= 0.3 is 0 Å². The van der Waals surface area contributed by atoms with Crippen molar-refractivity contribution in [3.8, 4) is 22.9 Å². The quantitative estimate of drug-likeness (QED) is 0.760. The molecular weight excluding hydrogens is 254 g/mol. The van der Waals surface area contributed by atoms with E-state index in [4.69, 9.17) is 0 Å². The Morgan fingerprint density at radius 1 is 0.900 bits per heavy atom. The number of nitrogens with one attached hydrogen (secondary N) is 1. The van der Waals surface area contributed by atoms with E-state index in [0.29, 0.717) is 22.9 Å². The summed E-state index contributed by atoms with van der Waals surface area (Å²) in [5.41, 5.74) is 1.85. The number of aromatic amines is 1. The maximum absolute atomic E-state index is 11.6. The zero-order valence-corrected chi connectivity index (χ0v) is 10.7. The fourth-order valence-corrected chi connectivity index (χ4v) is 1.82. The zero-order valence-electron chi connectivity index (χ0n) is 10.7. The third kappa shape index (κ3) is 2.18. The van der Waals surface area contributed by atoms with E-state index in [9.17, 15) is 4.79 Å². The molecule has 2 heterocycles. The Labute approximate surface area is 114 Å². The molecule has 0 aliphatic rings. The van der Waals surface area contributed by atoms with Crippen molar-refractivity contribution in [2.24, 2.45) is 0 Å². The minimum absolute atomic E-state index is 0.0746. The summed E-state index contributed by atoms with van der Waals surface area (Å²) in [6.07, 6.45) is 1.55. The van der Waals surface area contributed by atoms with Crippen LogP contribution in [0, 0.1) is 6.92 Å². The van der Waals surface area contributed by atoms with Crippen molar-refractivity contribution in [1.29, 1.82) is 0 Å². The highest BCUT2D eigenvalue weighted by Crippen LogP contribution is 2.15. The summed E-state index contributed by atoms with van der Waals surface area (Å²) < 4.78 is 0. The predicted molar refractivity (Wildman–Crippen MR) is 73.9 cm³/mol. The Kier molecular flexibility index (Phi) is 3.04. The summed E-state index contributed by atoms with van der Waals surface area (Å²) in [5.74, 6) is 0.755. The van der Waals surface area contributed by atoms with Crippen molar-refractivity contribution < 1.29 is 0 Å². The maximum atomic E-state index is 11.6. The summed E-state index contributed by atoms with van der Waals surface area (Å²) in [5, 5.41) is 16.2. The van der Waals surface area contributed by atoms with E-state index in [0.717, 1.165) is 5.56 Å². The molecule has 1 N–H and O–H groups in total. The van der Waals surface area contributed by atoms with Gasteiger partial charge in [-0.2, -0.15) is 0 Å². The Morgan fingerprint density at radius 2 is 1.55 bits per heavy atom. The van der Waals surface area contributed by atoms with Crippen LogP contribution in [0.1, 0.15) is 5.56 Å². The summed E-state index contributed by atoms with van der Waals surface area (Å²) >= 11 is 0. The molecule has 0 aliphatic heterocycles. The summed E-state index contributed by atoms with van der Waals surface area (Å²) in [6.45, 7) is 1.71. The van der Waals surface area contributed by atoms with Crippen molar-refractivity contribution in [1.82, 2.24) is 25.4 Å². The molecule has 0 unspecified atom stereocenters. The lowest BCUT2D eigenvalue weighted by atomic mass is 10.2. The Hall–Kier alpha value is -2.89. The summed E-state index contributed by atoms with van der Waals surface area (Å²) in [6, 6.07) is 10.9. The highest BCUT2D eigenvalue weighted by molar-refractivity contribution is 5.56.